The van der Waals surface area contributed by atoms with Crippen LogP contribution in [0.2, 0.25) is 10.0 Å². The van der Waals surface area contributed by atoms with Gasteiger partial charge in [-0.2, -0.15) is 10.2 Å². The third kappa shape index (κ3) is 7.70. The van der Waals surface area contributed by atoms with Crippen LogP contribution in [-0.2, 0) is 22.9 Å². The molecule has 52 heavy (non-hydrogen) atoms. The number of aromatic carboxylic acids is 2. The lowest BCUT2D eigenvalue weighted by atomic mass is 10.0. The second-order valence-electron chi connectivity index (χ2n) is 10.8. The average molecular weight is 758 g/mol. The quantitative estimate of drug-likeness (QED) is 0.133. The Morgan fingerprint density at radius 1 is 0.615 bits per heavy atom. The van der Waals surface area contributed by atoms with Crippen molar-refractivity contribution >= 4 is 35.1 Å². The van der Waals surface area contributed by atoms with Gasteiger partial charge in [-0.1, -0.05) is 35.3 Å². The summed E-state index contributed by atoms with van der Waals surface area (Å²) in [7, 11) is 2.85. The minimum absolute atomic E-state index is 0.0106. The number of rotatable bonds is 10. The minimum atomic E-state index is -1.31. The van der Waals surface area contributed by atoms with Crippen LogP contribution in [0, 0.1) is 23.3 Å². The summed E-state index contributed by atoms with van der Waals surface area (Å²) in [6, 6.07) is 18.3. The van der Waals surface area contributed by atoms with Gasteiger partial charge in [0.05, 0.1) is 43.7 Å². The molecular weight excluding hydrogens is 731 g/mol. The maximum absolute atomic E-state index is 14.5. The summed E-state index contributed by atoms with van der Waals surface area (Å²) < 4.78 is 68.1. The van der Waals surface area contributed by atoms with Gasteiger partial charge in [-0.25, -0.2) is 36.5 Å². The van der Waals surface area contributed by atoms with Crippen molar-refractivity contribution in [3.63, 3.8) is 0 Å². The van der Waals surface area contributed by atoms with Gasteiger partial charge < -0.3 is 19.7 Å². The Labute approximate surface area is 303 Å². The Hall–Kier alpha value is -5.54. The van der Waals surface area contributed by atoms with E-state index in [1.54, 1.807) is 0 Å². The highest BCUT2D eigenvalue weighted by molar-refractivity contribution is 6.36. The molecule has 0 saturated heterocycles. The molecule has 4 aromatic carbocycles. The Morgan fingerprint density at radius 2 is 1.04 bits per heavy atom. The van der Waals surface area contributed by atoms with Crippen LogP contribution in [0.1, 0.15) is 20.7 Å². The van der Waals surface area contributed by atoms with E-state index in [4.69, 9.17) is 32.7 Å². The number of hydrogen-bond acceptors (Lipinski definition) is 6. The smallest absolute Gasteiger partial charge is 0.336 e. The van der Waals surface area contributed by atoms with E-state index in [-0.39, 0.29) is 62.8 Å². The van der Waals surface area contributed by atoms with Crippen molar-refractivity contribution in [2.24, 2.45) is 0 Å². The normalized spacial score (nSPS) is 10.9. The molecule has 10 nitrogen and oxygen atoms in total. The van der Waals surface area contributed by atoms with E-state index < -0.39 is 35.2 Å². The number of ether oxygens (including phenoxy) is 2. The van der Waals surface area contributed by atoms with E-state index >= 15 is 0 Å². The van der Waals surface area contributed by atoms with Crippen molar-refractivity contribution in [2.75, 3.05) is 14.2 Å². The van der Waals surface area contributed by atoms with Crippen molar-refractivity contribution in [3.8, 4) is 45.0 Å². The van der Waals surface area contributed by atoms with Crippen LogP contribution in [-0.4, -0.2) is 55.9 Å². The number of benzene rings is 4. The van der Waals surface area contributed by atoms with Crippen LogP contribution in [0.3, 0.4) is 0 Å². The Bertz CT molecular complexity index is 2260. The monoisotopic (exact) mass is 756 g/mol. The summed E-state index contributed by atoms with van der Waals surface area (Å²) in [5.41, 5.74) is 0.769. The Kier molecular flexibility index (Phi) is 11.8. The van der Waals surface area contributed by atoms with E-state index in [9.17, 15) is 37.4 Å². The van der Waals surface area contributed by atoms with Gasteiger partial charge in [0.15, 0.2) is 0 Å². The third-order valence-electron chi connectivity index (χ3n) is 7.49. The summed E-state index contributed by atoms with van der Waals surface area (Å²) in [5.74, 6) is -4.98. The number of aromatic nitrogens is 4. The topological polar surface area (TPSA) is 129 Å². The van der Waals surface area contributed by atoms with Gasteiger partial charge in [0, 0.05) is 25.3 Å². The fraction of sp³-hybridized carbons (Fsp3) is 0.111. The number of halogens is 6. The molecule has 16 heteroatoms. The minimum Gasteiger partial charge on any atom is -0.478 e. The molecule has 6 rings (SSSR count). The zero-order valence-corrected chi connectivity index (χ0v) is 28.6. The summed E-state index contributed by atoms with van der Waals surface area (Å²) in [5, 5.41) is 27.4. The summed E-state index contributed by atoms with van der Waals surface area (Å²) in [6.07, 6.45) is 0. The number of nitrogens with zero attached hydrogens (tertiary/aromatic N) is 4. The number of carboxylic acid groups (broad SMARTS) is 2. The van der Waals surface area contributed by atoms with E-state index in [1.165, 1.54) is 96.4 Å². The van der Waals surface area contributed by atoms with Crippen LogP contribution in [0.15, 0.2) is 84.9 Å². The summed E-state index contributed by atoms with van der Waals surface area (Å²) in [4.78, 5) is 23.0. The molecule has 0 aliphatic carbocycles. The number of carboxylic acids is 2. The molecule has 0 atom stereocenters. The maximum Gasteiger partial charge on any atom is 0.336 e. The maximum atomic E-state index is 14.5. The van der Waals surface area contributed by atoms with E-state index in [0.717, 1.165) is 12.1 Å². The van der Waals surface area contributed by atoms with Gasteiger partial charge in [-0.15, -0.1) is 0 Å². The summed E-state index contributed by atoms with van der Waals surface area (Å²) in [6.45, 7) is -0.0903. The Balaban J connectivity index is 0.000000201. The van der Waals surface area contributed by atoms with Crippen LogP contribution in [0.25, 0.3) is 45.0 Å². The fourth-order valence-electron chi connectivity index (χ4n) is 5.27. The standard InChI is InChI=1S/2C18H13ClF2N2O3/c1-26-9-23-17(10-5-7-11(20)8-6-10)15(19)16(22-23)14-12(18(24)25)3-2-4-13(14)21;1-26-9-23-17(14-12(18(24)25)3-2-4-13(14)21)15(19)16(22-23)10-5-7-11(20)8-6-10/h2*2-8H,9H2,1H3,(H,24,25). The summed E-state index contributed by atoms with van der Waals surface area (Å²) >= 11 is 12.9. The predicted octanol–water partition coefficient (Wildman–Crippen LogP) is 8.90. The first kappa shape index (κ1) is 37.7. The van der Waals surface area contributed by atoms with E-state index in [2.05, 4.69) is 10.2 Å². The Morgan fingerprint density at radius 3 is 1.54 bits per heavy atom. The van der Waals surface area contributed by atoms with Crippen molar-refractivity contribution in [2.45, 2.75) is 13.5 Å². The lowest BCUT2D eigenvalue weighted by Gasteiger charge is -2.10. The molecule has 0 unspecified atom stereocenters. The van der Waals surface area contributed by atoms with Crippen molar-refractivity contribution in [3.05, 3.63) is 129 Å². The average Bonchev–Trinajstić information content (AvgIpc) is 3.60. The zero-order valence-electron chi connectivity index (χ0n) is 27.1. The van der Waals surface area contributed by atoms with Crippen LogP contribution in [0.5, 0.6) is 0 Å². The number of carbonyl (C=O) groups is 2. The van der Waals surface area contributed by atoms with E-state index in [1.807, 2.05) is 0 Å². The molecule has 268 valence electrons. The lowest BCUT2D eigenvalue weighted by Crippen LogP contribution is -2.08. The molecule has 6 aromatic rings. The largest absolute Gasteiger partial charge is 0.478 e. The van der Waals surface area contributed by atoms with Gasteiger partial charge in [-0.3, -0.25) is 0 Å². The molecule has 0 aliphatic rings. The number of methoxy groups -OCH3 is 2. The zero-order chi connectivity index (χ0) is 37.7. The van der Waals surface area contributed by atoms with Crippen molar-refractivity contribution in [1.82, 2.24) is 19.6 Å². The highest BCUT2D eigenvalue weighted by atomic mass is 35.5. The van der Waals surface area contributed by atoms with E-state index in [0.29, 0.717) is 16.8 Å². The number of hydrogen-bond donors (Lipinski definition) is 2. The molecule has 0 saturated carbocycles. The van der Waals surface area contributed by atoms with Gasteiger partial charge >= 0.3 is 11.9 Å². The predicted molar refractivity (Wildman–Crippen MR) is 184 cm³/mol. The van der Waals surface area contributed by atoms with Gasteiger partial charge in [0.25, 0.3) is 0 Å². The van der Waals surface area contributed by atoms with Gasteiger partial charge in [0.2, 0.25) is 0 Å². The van der Waals surface area contributed by atoms with Crippen molar-refractivity contribution < 1.29 is 46.8 Å². The second-order valence-corrected chi connectivity index (χ2v) is 11.6. The first-order valence-electron chi connectivity index (χ1n) is 14.9. The van der Waals surface area contributed by atoms with Crippen LogP contribution in [0.4, 0.5) is 17.6 Å². The molecule has 0 aliphatic heterocycles. The highest BCUT2D eigenvalue weighted by Gasteiger charge is 2.27. The molecule has 2 aromatic heterocycles. The SMILES string of the molecule is COCn1nc(-c2c(F)cccc2C(=O)O)c(Cl)c1-c1ccc(F)cc1.COCn1nc(-c2ccc(F)cc2)c(Cl)c1-c1c(F)cccc1C(=O)O. The lowest BCUT2D eigenvalue weighted by molar-refractivity contribution is 0.0686. The molecule has 0 spiro atoms. The molecule has 2 heterocycles. The molecule has 0 amide bonds. The second kappa shape index (κ2) is 16.2. The molecule has 2 N–H and O–H groups in total. The fourth-order valence-corrected chi connectivity index (χ4v) is 5.95. The molecule has 0 bridgehead atoms. The van der Waals surface area contributed by atoms with Gasteiger partial charge in [0.1, 0.15) is 48.1 Å². The van der Waals surface area contributed by atoms with Crippen LogP contribution < -0.4 is 0 Å². The molecular formula is C36H26Cl2F4N4O6. The highest BCUT2D eigenvalue weighted by Crippen LogP contribution is 2.40. The molecule has 0 radical (unpaired) electrons. The van der Waals surface area contributed by atoms with Crippen molar-refractivity contribution in [1.29, 1.82) is 0 Å². The first-order valence-corrected chi connectivity index (χ1v) is 15.7. The third-order valence-corrected chi connectivity index (χ3v) is 8.21. The van der Waals surface area contributed by atoms with Crippen LogP contribution >= 0.6 is 23.2 Å². The van der Waals surface area contributed by atoms with Gasteiger partial charge in [-0.05, 0) is 72.8 Å². The first-order chi connectivity index (χ1) is 24.9. The molecule has 0 fully saturated rings.